The van der Waals surface area contributed by atoms with Gasteiger partial charge in [-0.05, 0) is 37.2 Å². The molecule has 1 aromatic rings. The third-order valence-electron chi connectivity index (χ3n) is 2.28. The van der Waals surface area contributed by atoms with Gasteiger partial charge in [0, 0.05) is 23.6 Å². The van der Waals surface area contributed by atoms with E-state index in [1.54, 1.807) is 6.07 Å². The second kappa shape index (κ2) is 6.99. The van der Waals surface area contributed by atoms with Gasteiger partial charge in [-0.25, -0.2) is 4.39 Å². The van der Waals surface area contributed by atoms with Crippen molar-refractivity contribution >= 4 is 15.9 Å². The molecular formula is C12H18BrFN2. The van der Waals surface area contributed by atoms with E-state index in [4.69, 9.17) is 0 Å². The lowest BCUT2D eigenvalue weighted by Gasteiger charge is -2.14. The normalized spacial score (nSPS) is 12.8. The van der Waals surface area contributed by atoms with E-state index in [2.05, 4.69) is 40.4 Å². The molecule has 0 aliphatic rings. The van der Waals surface area contributed by atoms with E-state index in [0.29, 0.717) is 12.6 Å². The molecule has 2 nitrogen and oxygen atoms in total. The molecule has 0 fully saturated rings. The van der Waals surface area contributed by atoms with Crippen molar-refractivity contribution in [1.82, 2.24) is 10.6 Å². The summed E-state index contributed by atoms with van der Waals surface area (Å²) < 4.78 is 13.9. The van der Waals surface area contributed by atoms with Crippen LogP contribution in [0.15, 0.2) is 22.7 Å². The Kier molecular flexibility index (Phi) is 5.95. The summed E-state index contributed by atoms with van der Waals surface area (Å²) in [4.78, 5) is 0. The van der Waals surface area contributed by atoms with Crippen molar-refractivity contribution in [2.24, 2.45) is 0 Å². The number of nitrogens with one attached hydrogen (secondary N) is 2. The van der Waals surface area contributed by atoms with Gasteiger partial charge in [-0.15, -0.1) is 0 Å². The number of hydrogen-bond donors (Lipinski definition) is 2. The first-order chi connectivity index (χ1) is 7.61. The maximum absolute atomic E-state index is 13.1. The minimum atomic E-state index is -0.203. The molecule has 16 heavy (non-hydrogen) atoms. The van der Waals surface area contributed by atoms with Crippen molar-refractivity contribution in [3.05, 3.63) is 34.1 Å². The molecule has 2 N–H and O–H groups in total. The van der Waals surface area contributed by atoms with Gasteiger partial charge in [0.15, 0.2) is 0 Å². The highest BCUT2D eigenvalue weighted by Crippen LogP contribution is 2.14. The largest absolute Gasteiger partial charge is 0.315 e. The molecule has 0 aliphatic heterocycles. The van der Waals surface area contributed by atoms with Crippen LogP contribution in [-0.4, -0.2) is 19.1 Å². The van der Waals surface area contributed by atoms with Gasteiger partial charge in [0.05, 0.1) is 0 Å². The van der Waals surface area contributed by atoms with Gasteiger partial charge >= 0.3 is 0 Å². The van der Waals surface area contributed by atoms with Crippen LogP contribution in [0.25, 0.3) is 0 Å². The summed E-state index contributed by atoms with van der Waals surface area (Å²) in [5.74, 6) is -0.203. The minimum absolute atomic E-state index is 0.203. The monoisotopic (exact) mass is 288 g/mol. The molecule has 0 aromatic heterocycles. The third kappa shape index (κ3) is 5.05. The molecule has 0 radical (unpaired) electrons. The predicted octanol–water partition coefficient (Wildman–Crippen LogP) is 2.68. The standard InChI is InChI=1S/C12H18BrFN2/c1-3-15-7-9(2)16-8-10-4-11(13)6-12(14)5-10/h4-6,9,15-16H,3,7-8H2,1-2H3. The molecule has 1 atom stereocenters. The van der Waals surface area contributed by atoms with Crippen molar-refractivity contribution in [2.45, 2.75) is 26.4 Å². The number of rotatable bonds is 6. The van der Waals surface area contributed by atoms with Gasteiger partial charge in [-0.2, -0.15) is 0 Å². The van der Waals surface area contributed by atoms with Crippen molar-refractivity contribution in [3.63, 3.8) is 0 Å². The highest BCUT2D eigenvalue weighted by atomic mass is 79.9. The van der Waals surface area contributed by atoms with E-state index in [1.165, 1.54) is 6.07 Å². The molecule has 1 rings (SSSR count). The summed E-state index contributed by atoms with van der Waals surface area (Å²) in [7, 11) is 0. The lowest BCUT2D eigenvalue weighted by atomic mass is 10.2. The van der Waals surface area contributed by atoms with Crippen molar-refractivity contribution in [3.8, 4) is 0 Å². The Labute approximate surface area is 105 Å². The predicted molar refractivity (Wildman–Crippen MR) is 68.9 cm³/mol. The first-order valence-electron chi connectivity index (χ1n) is 5.51. The van der Waals surface area contributed by atoms with Gasteiger partial charge in [-0.3, -0.25) is 0 Å². The maximum Gasteiger partial charge on any atom is 0.124 e. The van der Waals surface area contributed by atoms with Crippen LogP contribution >= 0.6 is 15.9 Å². The van der Waals surface area contributed by atoms with Gasteiger partial charge in [0.1, 0.15) is 5.82 Å². The fraction of sp³-hybridized carbons (Fsp3) is 0.500. The van der Waals surface area contributed by atoms with Crippen LogP contribution in [0.5, 0.6) is 0 Å². The van der Waals surface area contributed by atoms with Gasteiger partial charge in [0.2, 0.25) is 0 Å². The van der Waals surface area contributed by atoms with Crippen molar-refractivity contribution < 1.29 is 4.39 Å². The molecule has 1 aromatic carbocycles. The zero-order valence-electron chi connectivity index (χ0n) is 9.69. The van der Waals surface area contributed by atoms with E-state index in [-0.39, 0.29) is 5.82 Å². The molecule has 0 spiro atoms. The zero-order chi connectivity index (χ0) is 12.0. The molecule has 0 saturated carbocycles. The van der Waals surface area contributed by atoms with Crippen LogP contribution in [0.3, 0.4) is 0 Å². The maximum atomic E-state index is 13.1. The highest BCUT2D eigenvalue weighted by Gasteiger charge is 2.02. The Balaban J connectivity index is 2.41. The van der Waals surface area contributed by atoms with E-state index < -0.39 is 0 Å². The third-order valence-corrected chi connectivity index (χ3v) is 2.74. The number of benzene rings is 1. The van der Waals surface area contributed by atoms with Crippen LogP contribution in [0, 0.1) is 5.82 Å². The van der Waals surface area contributed by atoms with Crippen LogP contribution in [-0.2, 0) is 6.54 Å². The fourth-order valence-corrected chi connectivity index (χ4v) is 1.95. The summed E-state index contributed by atoms with van der Waals surface area (Å²) in [6, 6.07) is 5.32. The minimum Gasteiger partial charge on any atom is -0.315 e. The molecular weight excluding hydrogens is 271 g/mol. The van der Waals surface area contributed by atoms with Crippen molar-refractivity contribution in [1.29, 1.82) is 0 Å². The lowest BCUT2D eigenvalue weighted by Crippen LogP contribution is -2.35. The van der Waals surface area contributed by atoms with Crippen LogP contribution in [0.2, 0.25) is 0 Å². The molecule has 1 unspecified atom stereocenters. The SMILES string of the molecule is CCNCC(C)NCc1cc(F)cc(Br)c1. The Morgan fingerprint density at radius 3 is 2.75 bits per heavy atom. The summed E-state index contributed by atoms with van der Waals surface area (Å²) in [6.07, 6.45) is 0. The smallest absolute Gasteiger partial charge is 0.124 e. The molecule has 0 amide bonds. The average Bonchev–Trinajstić information content (AvgIpc) is 2.22. The molecule has 0 aliphatic carbocycles. The van der Waals surface area contributed by atoms with Gasteiger partial charge < -0.3 is 10.6 Å². The summed E-state index contributed by atoms with van der Waals surface area (Å²) in [5, 5.41) is 6.60. The first-order valence-corrected chi connectivity index (χ1v) is 6.30. The summed E-state index contributed by atoms with van der Waals surface area (Å²) in [5.41, 5.74) is 0.954. The first kappa shape index (κ1) is 13.6. The van der Waals surface area contributed by atoms with Crippen LogP contribution in [0.4, 0.5) is 4.39 Å². The van der Waals surface area contributed by atoms with E-state index in [1.807, 2.05) is 6.07 Å². The van der Waals surface area contributed by atoms with Crippen LogP contribution < -0.4 is 10.6 Å². The Hall–Kier alpha value is -0.450. The van der Waals surface area contributed by atoms with Crippen LogP contribution in [0.1, 0.15) is 19.4 Å². The number of halogens is 2. The van der Waals surface area contributed by atoms with E-state index >= 15 is 0 Å². The van der Waals surface area contributed by atoms with E-state index in [0.717, 1.165) is 23.1 Å². The number of hydrogen-bond acceptors (Lipinski definition) is 2. The molecule has 0 saturated heterocycles. The quantitative estimate of drug-likeness (QED) is 0.841. The molecule has 4 heteroatoms. The number of likely N-dealkylation sites (N-methyl/N-ethyl adjacent to an activating group) is 1. The molecule has 0 bridgehead atoms. The average molecular weight is 289 g/mol. The highest BCUT2D eigenvalue weighted by molar-refractivity contribution is 9.10. The Morgan fingerprint density at radius 2 is 2.12 bits per heavy atom. The summed E-state index contributed by atoms with van der Waals surface area (Å²) in [6.45, 7) is 6.76. The topological polar surface area (TPSA) is 24.1 Å². The second-order valence-corrected chi connectivity index (χ2v) is 4.78. The van der Waals surface area contributed by atoms with Crippen molar-refractivity contribution in [2.75, 3.05) is 13.1 Å². The Bertz CT molecular complexity index is 311. The fourth-order valence-electron chi connectivity index (χ4n) is 1.44. The zero-order valence-corrected chi connectivity index (χ0v) is 11.3. The Morgan fingerprint density at radius 1 is 1.38 bits per heavy atom. The molecule has 0 heterocycles. The lowest BCUT2D eigenvalue weighted by molar-refractivity contribution is 0.507. The van der Waals surface area contributed by atoms with Gasteiger partial charge in [0.25, 0.3) is 0 Å². The second-order valence-electron chi connectivity index (χ2n) is 3.87. The van der Waals surface area contributed by atoms with E-state index in [9.17, 15) is 4.39 Å². The van der Waals surface area contributed by atoms with Gasteiger partial charge in [-0.1, -0.05) is 22.9 Å². The molecule has 90 valence electrons. The summed E-state index contributed by atoms with van der Waals surface area (Å²) >= 11 is 3.28.